The zero-order valence-electron chi connectivity index (χ0n) is 12.2. The largest absolute Gasteiger partial charge is 0.311 e. The van der Waals surface area contributed by atoms with Crippen LogP contribution in [0.3, 0.4) is 0 Å². The first-order valence-corrected chi connectivity index (χ1v) is 6.88. The van der Waals surface area contributed by atoms with Crippen LogP contribution in [0.15, 0.2) is 43.0 Å². The van der Waals surface area contributed by atoms with E-state index in [4.69, 9.17) is 0 Å². The molecular weight excluding hydrogens is 218 g/mol. The van der Waals surface area contributed by atoms with Gasteiger partial charge in [-0.05, 0) is 37.7 Å². The summed E-state index contributed by atoms with van der Waals surface area (Å²) in [6, 6.07) is 11.8. The lowest BCUT2D eigenvalue weighted by atomic mass is 9.79. The van der Waals surface area contributed by atoms with E-state index in [1.165, 1.54) is 5.56 Å². The van der Waals surface area contributed by atoms with Crippen molar-refractivity contribution in [3.8, 4) is 0 Å². The fourth-order valence-electron chi connectivity index (χ4n) is 2.64. The van der Waals surface area contributed by atoms with E-state index in [0.717, 1.165) is 12.8 Å². The molecule has 1 N–H and O–H groups in total. The Morgan fingerprint density at radius 3 is 2.33 bits per heavy atom. The molecule has 0 spiro atoms. The summed E-state index contributed by atoms with van der Waals surface area (Å²) in [6.07, 6.45) is 4.14. The van der Waals surface area contributed by atoms with Gasteiger partial charge in [0.05, 0.1) is 0 Å². The van der Waals surface area contributed by atoms with Gasteiger partial charge in [-0.3, -0.25) is 0 Å². The number of hydrogen-bond acceptors (Lipinski definition) is 1. The van der Waals surface area contributed by atoms with Crippen molar-refractivity contribution in [3.05, 3.63) is 48.6 Å². The SMILES string of the molecule is C=CCC(C)NC(C)CC(C)(C)c1ccccc1. The highest BCUT2D eigenvalue weighted by Gasteiger charge is 2.23. The molecule has 1 nitrogen and oxygen atoms in total. The topological polar surface area (TPSA) is 12.0 Å². The van der Waals surface area contributed by atoms with Crippen LogP contribution in [-0.4, -0.2) is 12.1 Å². The fraction of sp³-hybridized carbons (Fsp3) is 0.529. The smallest absolute Gasteiger partial charge is 0.00756 e. The van der Waals surface area contributed by atoms with E-state index in [1.807, 2.05) is 6.08 Å². The molecule has 0 radical (unpaired) electrons. The Kier molecular flexibility index (Phi) is 5.61. The van der Waals surface area contributed by atoms with E-state index in [2.05, 4.69) is 69.9 Å². The van der Waals surface area contributed by atoms with Crippen molar-refractivity contribution in [3.63, 3.8) is 0 Å². The van der Waals surface area contributed by atoms with E-state index < -0.39 is 0 Å². The summed E-state index contributed by atoms with van der Waals surface area (Å²) >= 11 is 0. The first-order valence-electron chi connectivity index (χ1n) is 6.88. The molecule has 0 amide bonds. The Balaban J connectivity index is 2.57. The Morgan fingerprint density at radius 2 is 1.78 bits per heavy atom. The maximum absolute atomic E-state index is 3.79. The van der Waals surface area contributed by atoms with E-state index in [0.29, 0.717) is 12.1 Å². The predicted octanol–water partition coefficient (Wildman–Crippen LogP) is 4.30. The van der Waals surface area contributed by atoms with Crippen molar-refractivity contribution in [1.29, 1.82) is 0 Å². The summed E-state index contributed by atoms with van der Waals surface area (Å²) in [7, 11) is 0. The molecule has 0 saturated carbocycles. The molecule has 100 valence electrons. The number of hydrogen-bond donors (Lipinski definition) is 1. The average molecular weight is 245 g/mol. The van der Waals surface area contributed by atoms with Crippen molar-refractivity contribution in [1.82, 2.24) is 5.32 Å². The highest BCUT2D eigenvalue weighted by Crippen LogP contribution is 2.28. The monoisotopic (exact) mass is 245 g/mol. The van der Waals surface area contributed by atoms with Crippen LogP contribution in [0.25, 0.3) is 0 Å². The third kappa shape index (κ3) is 4.66. The molecule has 1 heteroatoms. The van der Waals surface area contributed by atoms with Gasteiger partial charge in [0.15, 0.2) is 0 Å². The standard InChI is InChI=1S/C17H27N/c1-6-10-14(2)18-15(3)13-17(4,5)16-11-8-7-9-12-16/h6-9,11-12,14-15,18H,1,10,13H2,2-5H3. The first-order chi connectivity index (χ1) is 8.45. The van der Waals surface area contributed by atoms with Gasteiger partial charge in [-0.25, -0.2) is 0 Å². The second kappa shape index (κ2) is 6.75. The van der Waals surface area contributed by atoms with Crippen LogP contribution in [0.2, 0.25) is 0 Å². The third-order valence-corrected chi connectivity index (χ3v) is 3.46. The van der Waals surface area contributed by atoms with Crippen LogP contribution >= 0.6 is 0 Å². The summed E-state index contributed by atoms with van der Waals surface area (Å²) in [5.74, 6) is 0. The maximum Gasteiger partial charge on any atom is 0.00756 e. The maximum atomic E-state index is 3.79. The van der Waals surface area contributed by atoms with Crippen LogP contribution in [0.5, 0.6) is 0 Å². The lowest BCUT2D eigenvalue weighted by molar-refractivity contribution is 0.364. The van der Waals surface area contributed by atoms with Crippen LogP contribution < -0.4 is 5.32 Å². The molecule has 0 aliphatic heterocycles. The molecule has 1 rings (SSSR count). The summed E-state index contributed by atoms with van der Waals surface area (Å²) in [6.45, 7) is 12.9. The van der Waals surface area contributed by atoms with Gasteiger partial charge in [-0.15, -0.1) is 6.58 Å². The molecule has 1 aromatic rings. The van der Waals surface area contributed by atoms with Crippen LogP contribution in [0.1, 0.15) is 46.1 Å². The van der Waals surface area contributed by atoms with Crippen molar-refractivity contribution in [2.75, 3.05) is 0 Å². The van der Waals surface area contributed by atoms with E-state index in [1.54, 1.807) is 0 Å². The van der Waals surface area contributed by atoms with Gasteiger partial charge in [0, 0.05) is 12.1 Å². The molecule has 2 atom stereocenters. The van der Waals surface area contributed by atoms with Gasteiger partial charge in [-0.2, -0.15) is 0 Å². The zero-order chi connectivity index (χ0) is 13.6. The normalized spacial score (nSPS) is 15.1. The summed E-state index contributed by atoms with van der Waals surface area (Å²) in [5, 5.41) is 3.64. The van der Waals surface area contributed by atoms with Crippen LogP contribution in [-0.2, 0) is 5.41 Å². The minimum Gasteiger partial charge on any atom is -0.311 e. The minimum absolute atomic E-state index is 0.210. The molecule has 2 unspecified atom stereocenters. The number of rotatable bonds is 7. The number of nitrogens with one attached hydrogen (secondary N) is 1. The zero-order valence-corrected chi connectivity index (χ0v) is 12.2. The summed E-state index contributed by atoms with van der Waals surface area (Å²) in [5.41, 5.74) is 1.62. The highest BCUT2D eigenvalue weighted by molar-refractivity contribution is 5.23. The van der Waals surface area contributed by atoms with Crippen molar-refractivity contribution in [2.45, 2.75) is 58.0 Å². The van der Waals surface area contributed by atoms with Crippen LogP contribution in [0, 0.1) is 0 Å². The third-order valence-electron chi connectivity index (χ3n) is 3.46. The predicted molar refractivity (Wildman–Crippen MR) is 81.0 cm³/mol. The molecule has 18 heavy (non-hydrogen) atoms. The molecule has 0 fully saturated rings. The van der Waals surface area contributed by atoms with Gasteiger partial charge in [-0.1, -0.05) is 50.3 Å². The molecule has 0 aliphatic carbocycles. The quantitative estimate of drug-likeness (QED) is 0.706. The molecule has 0 heterocycles. The molecule has 0 aromatic heterocycles. The second-order valence-corrected chi connectivity index (χ2v) is 5.95. The van der Waals surface area contributed by atoms with Crippen molar-refractivity contribution < 1.29 is 0 Å². The Labute approximate surface area is 112 Å². The first kappa shape index (κ1) is 15.0. The van der Waals surface area contributed by atoms with E-state index in [9.17, 15) is 0 Å². The molecular formula is C17H27N. The van der Waals surface area contributed by atoms with Crippen LogP contribution in [0.4, 0.5) is 0 Å². The van der Waals surface area contributed by atoms with Gasteiger partial charge in [0.25, 0.3) is 0 Å². The molecule has 0 saturated heterocycles. The Bertz CT molecular complexity index is 353. The lowest BCUT2D eigenvalue weighted by Gasteiger charge is -2.30. The average Bonchev–Trinajstić information content (AvgIpc) is 2.29. The molecule has 0 bridgehead atoms. The minimum atomic E-state index is 0.210. The van der Waals surface area contributed by atoms with Crippen molar-refractivity contribution in [2.24, 2.45) is 0 Å². The summed E-state index contributed by atoms with van der Waals surface area (Å²) < 4.78 is 0. The molecule has 0 aliphatic rings. The highest BCUT2D eigenvalue weighted by atomic mass is 14.9. The van der Waals surface area contributed by atoms with Gasteiger partial charge < -0.3 is 5.32 Å². The Hall–Kier alpha value is -1.08. The number of benzene rings is 1. The fourth-order valence-corrected chi connectivity index (χ4v) is 2.64. The molecule has 1 aromatic carbocycles. The van der Waals surface area contributed by atoms with E-state index >= 15 is 0 Å². The lowest BCUT2D eigenvalue weighted by Crippen LogP contribution is -2.38. The summed E-state index contributed by atoms with van der Waals surface area (Å²) in [4.78, 5) is 0. The van der Waals surface area contributed by atoms with E-state index in [-0.39, 0.29) is 5.41 Å². The Morgan fingerprint density at radius 1 is 1.17 bits per heavy atom. The van der Waals surface area contributed by atoms with Crippen molar-refractivity contribution >= 4 is 0 Å². The van der Waals surface area contributed by atoms with Gasteiger partial charge in [0.1, 0.15) is 0 Å². The second-order valence-electron chi connectivity index (χ2n) is 5.95. The van der Waals surface area contributed by atoms with Gasteiger partial charge in [0.2, 0.25) is 0 Å². The van der Waals surface area contributed by atoms with Gasteiger partial charge >= 0.3 is 0 Å².